The molecule has 1 saturated heterocycles. The van der Waals surface area contributed by atoms with Crippen molar-refractivity contribution in [2.24, 2.45) is 17.8 Å². The van der Waals surface area contributed by atoms with Crippen LogP contribution in [0, 0.1) is 24.7 Å². The normalized spacial score (nSPS) is 18.7. The van der Waals surface area contributed by atoms with E-state index in [1.165, 1.54) is 4.31 Å². The molecule has 2 aliphatic rings. The number of ether oxygens (including phenoxy) is 1. The van der Waals surface area contributed by atoms with Crippen molar-refractivity contribution in [1.82, 2.24) is 19.8 Å². The van der Waals surface area contributed by atoms with Crippen LogP contribution in [0.1, 0.15) is 78.3 Å². The van der Waals surface area contributed by atoms with Crippen molar-refractivity contribution < 1.29 is 29.0 Å². The molecule has 0 bridgehead atoms. The molecule has 3 aromatic carbocycles. The van der Waals surface area contributed by atoms with Gasteiger partial charge in [-0.3, -0.25) is 24.6 Å². The predicted molar refractivity (Wildman–Crippen MR) is 211 cm³/mol. The number of Topliss-reactive ketones (excluding diaryl/α,β-unsaturated/α-hetero) is 1. The number of aromatic amines is 2. The molecule has 13 heteroatoms. The minimum Gasteiger partial charge on any atom is -0.444 e. The number of anilines is 1. The fourth-order valence-electron chi connectivity index (χ4n) is 7.56. The molecule has 54 heavy (non-hydrogen) atoms. The number of nitrogens with one attached hydrogen (secondary N) is 4. The number of H-pyrrole nitrogens is 2. The summed E-state index contributed by atoms with van der Waals surface area (Å²) in [6.07, 6.45) is 4.52. The molecule has 1 saturated carbocycles. The molecule has 1 atom stereocenters. The summed E-state index contributed by atoms with van der Waals surface area (Å²) < 4.78 is 33.7. The van der Waals surface area contributed by atoms with Gasteiger partial charge in [0.25, 0.3) is 5.56 Å². The molecule has 12 nitrogen and oxygen atoms in total. The summed E-state index contributed by atoms with van der Waals surface area (Å²) in [5, 5.41) is 11.7. The van der Waals surface area contributed by atoms with Crippen LogP contribution in [0.4, 0.5) is 10.5 Å². The van der Waals surface area contributed by atoms with Crippen LogP contribution in [0.25, 0.3) is 22.0 Å². The van der Waals surface area contributed by atoms with Crippen molar-refractivity contribution in [3.05, 3.63) is 82.1 Å². The van der Waals surface area contributed by atoms with Gasteiger partial charge in [-0.05, 0) is 131 Å². The van der Waals surface area contributed by atoms with Gasteiger partial charge in [0.2, 0.25) is 15.9 Å². The van der Waals surface area contributed by atoms with Crippen molar-refractivity contribution >= 4 is 44.4 Å². The molecule has 1 aliphatic carbocycles. The van der Waals surface area contributed by atoms with Gasteiger partial charge in [-0.2, -0.15) is 4.31 Å². The molecule has 0 spiro atoms. The summed E-state index contributed by atoms with van der Waals surface area (Å²) in [5.41, 5.74) is 3.61. The topological polar surface area (TPSA) is 171 Å². The number of amides is 2. The number of aromatic nitrogens is 2. The molecule has 2 fully saturated rings. The Balaban J connectivity index is 0.00000580. The maximum atomic E-state index is 14.0. The number of benzene rings is 3. The third kappa shape index (κ3) is 9.48. The molecule has 1 aliphatic heterocycles. The van der Waals surface area contributed by atoms with Crippen molar-refractivity contribution in [2.75, 3.05) is 25.0 Å². The molecular formula is C41H53N5O7S. The first-order valence-electron chi connectivity index (χ1n) is 18.9. The Hall–Kier alpha value is -4.75. The Labute approximate surface area is 318 Å². The van der Waals surface area contributed by atoms with E-state index in [1.807, 2.05) is 58.0 Å². The van der Waals surface area contributed by atoms with Crippen LogP contribution in [0.5, 0.6) is 0 Å². The summed E-state index contributed by atoms with van der Waals surface area (Å²) in [7, 11) is -3.61. The van der Waals surface area contributed by atoms with Gasteiger partial charge in [-0.25, -0.2) is 13.2 Å². The number of hydrogen-bond acceptors (Lipinski definition) is 7. The third-order valence-electron chi connectivity index (χ3n) is 10.5. The summed E-state index contributed by atoms with van der Waals surface area (Å²) in [4.78, 5) is 52.3. The zero-order valence-electron chi connectivity index (χ0n) is 31.5. The lowest BCUT2D eigenvalue weighted by molar-refractivity contribution is -0.129. The van der Waals surface area contributed by atoms with Crippen molar-refractivity contribution in [3.63, 3.8) is 0 Å². The standard InChI is InChI=1S/C41H51N5O7S.H2/c1-26-10-16-33(54(51,52)46-18-5-6-19-46)24-35(26)30-9-7-8-28(20-30)21-31(38(48)43-32-15-17-34-36(23-32)44-45-39(34)49)22-37(47)29-13-11-27(12-14-29)25-42-40(50)53-41(2,3)4;/h7-10,15-17,20,23-24,27,29,31H,5-6,11-14,18-19,21-22,25H2,1-4H3,(H,42,50)(H,43,48)(H2,44,45,49);1H/t27?,29?,31-;/m1./s1. The summed E-state index contributed by atoms with van der Waals surface area (Å²) in [6, 6.07) is 17.9. The van der Waals surface area contributed by atoms with Gasteiger partial charge in [0.15, 0.2) is 0 Å². The highest BCUT2D eigenvalue weighted by Crippen LogP contribution is 2.33. The van der Waals surface area contributed by atoms with Crippen molar-refractivity contribution in [1.29, 1.82) is 0 Å². The van der Waals surface area contributed by atoms with E-state index in [-0.39, 0.29) is 48.2 Å². The average Bonchev–Trinajstić information content (AvgIpc) is 3.81. The van der Waals surface area contributed by atoms with Gasteiger partial charge in [0.05, 0.1) is 15.8 Å². The zero-order chi connectivity index (χ0) is 38.6. The summed E-state index contributed by atoms with van der Waals surface area (Å²) in [5.74, 6) is -0.913. The second-order valence-corrected chi connectivity index (χ2v) is 17.7. The first kappa shape index (κ1) is 39.0. The van der Waals surface area contributed by atoms with Crippen molar-refractivity contribution in [2.45, 2.75) is 89.6 Å². The number of ketones is 1. The molecule has 0 radical (unpaired) electrons. The fraction of sp³-hybridized carbons (Fsp3) is 0.463. The second kappa shape index (κ2) is 16.3. The quantitative estimate of drug-likeness (QED) is 0.121. The summed E-state index contributed by atoms with van der Waals surface area (Å²) >= 11 is 0. The number of nitrogens with zero attached hydrogens (tertiary/aromatic N) is 1. The Morgan fingerprint density at radius 3 is 2.43 bits per heavy atom. The number of aryl methyl sites for hydroxylation is 1. The number of hydrogen-bond donors (Lipinski definition) is 4. The van der Waals surface area contributed by atoms with E-state index in [2.05, 4.69) is 20.8 Å². The van der Waals surface area contributed by atoms with Gasteiger partial charge in [-0.1, -0.05) is 30.3 Å². The van der Waals surface area contributed by atoms with Crippen LogP contribution in [0.3, 0.4) is 0 Å². The lowest BCUT2D eigenvalue weighted by Gasteiger charge is -2.29. The largest absolute Gasteiger partial charge is 0.444 e. The lowest BCUT2D eigenvalue weighted by Crippen LogP contribution is -2.37. The van der Waals surface area contributed by atoms with Crippen molar-refractivity contribution in [3.8, 4) is 11.1 Å². The van der Waals surface area contributed by atoms with Crippen LogP contribution in [0.15, 0.2) is 70.4 Å². The SMILES string of the molecule is Cc1ccc(S(=O)(=O)N2CCCC2)cc1-c1cccc(C[C@H](CC(=O)C2CCC(CNC(=O)OC(C)(C)C)CC2)C(=O)Nc2ccc3c(=O)[nH][nH]c3c2)c1.[HH]. The highest BCUT2D eigenvalue weighted by atomic mass is 32.2. The fourth-order valence-corrected chi connectivity index (χ4v) is 9.10. The van der Waals surface area contributed by atoms with Gasteiger partial charge in [-0.15, -0.1) is 0 Å². The zero-order valence-corrected chi connectivity index (χ0v) is 32.3. The first-order chi connectivity index (χ1) is 25.7. The molecule has 4 N–H and O–H groups in total. The Kier molecular flexibility index (Phi) is 11.8. The number of sulfonamides is 1. The molecule has 6 rings (SSSR count). The molecule has 2 amide bonds. The van der Waals surface area contributed by atoms with Crippen LogP contribution < -0.4 is 16.2 Å². The number of fused-ring (bicyclic) bond motifs is 1. The minimum atomic E-state index is -3.61. The van der Waals surface area contributed by atoms with E-state index < -0.39 is 27.6 Å². The summed E-state index contributed by atoms with van der Waals surface area (Å²) in [6.45, 7) is 8.93. The van der Waals surface area contributed by atoms with Crippen LogP contribution >= 0.6 is 0 Å². The maximum Gasteiger partial charge on any atom is 0.407 e. The molecule has 2 heterocycles. The van der Waals surface area contributed by atoms with Gasteiger partial charge < -0.3 is 15.4 Å². The smallest absolute Gasteiger partial charge is 0.407 e. The lowest BCUT2D eigenvalue weighted by atomic mass is 9.77. The first-order valence-corrected chi connectivity index (χ1v) is 20.3. The maximum absolute atomic E-state index is 14.0. The van der Waals surface area contributed by atoms with E-state index in [0.29, 0.717) is 49.1 Å². The van der Waals surface area contributed by atoms with Gasteiger partial charge >= 0.3 is 6.09 Å². The van der Waals surface area contributed by atoms with Gasteiger partial charge in [0, 0.05) is 45.0 Å². The van der Waals surface area contributed by atoms with Crippen LogP contribution in [-0.4, -0.2) is 65.9 Å². The number of alkyl carbamates (subject to hydrolysis) is 1. The van der Waals surface area contributed by atoms with Crippen LogP contribution in [0.2, 0.25) is 0 Å². The Morgan fingerprint density at radius 2 is 1.70 bits per heavy atom. The Bertz CT molecular complexity index is 2180. The van der Waals surface area contributed by atoms with E-state index >= 15 is 0 Å². The van der Waals surface area contributed by atoms with E-state index in [0.717, 1.165) is 47.9 Å². The molecule has 4 aromatic rings. The van der Waals surface area contributed by atoms with Crippen LogP contribution in [-0.2, 0) is 30.8 Å². The van der Waals surface area contributed by atoms with E-state index in [4.69, 9.17) is 4.74 Å². The highest BCUT2D eigenvalue weighted by molar-refractivity contribution is 7.89. The molecule has 0 unspecified atom stereocenters. The molecular weight excluding hydrogens is 707 g/mol. The predicted octanol–water partition coefficient (Wildman–Crippen LogP) is 6.95. The highest BCUT2D eigenvalue weighted by Gasteiger charge is 2.31. The second-order valence-electron chi connectivity index (χ2n) is 15.8. The van der Waals surface area contributed by atoms with E-state index in [1.54, 1.807) is 30.3 Å². The van der Waals surface area contributed by atoms with E-state index in [9.17, 15) is 27.6 Å². The number of carbonyl (C=O) groups is 3. The molecule has 1 aromatic heterocycles. The van der Waals surface area contributed by atoms with Gasteiger partial charge in [0.1, 0.15) is 11.4 Å². The monoisotopic (exact) mass is 759 g/mol. The molecule has 290 valence electrons. The number of carbonyl (C=O) groups excluding carboxylic acids is 3. The number of rotatable bonds is 12. The minimum absolute atomic E-state index is 0. The third-order valence-corrected chi connectivity index (χ3v) is 12.4. The average molecular weight is 760 g/mol. The Morgan fingerprint density at radius 1 is 0.963 bits per heavy atom.